The third-order valence-electron chi connectivity index (χ3n) is 4.98. The van der Waals surface area contributed by atoms with Gasteiger partial charge in [0.2, 0.25) is 9.84 Å². The Kier molecular flexibility index (Phi) is 14.4. The maximum atomic E-state index is 12.9. The minimum atomic E-state index is -3.55. The van der Waals surface area contributed by atoms with Crippen LogP contribution in [0.15, 0.2) is 51.6 Å². The van der Waals surface area contributed by atoms with Crippen molar-refractivity contribution < 1.29 is 8.42 Å². The summed E-state index contributed by atoms with van der Waals surface area (Å²) in [4.78, 5) is 0.554. The quantitative estimate of drug-likeness (QED) is 0.166. The second-order valence-electron chi connectivity index (χ2n) is 7.65. The molecule has 0 amide bonds. The Labute approximate surface area is 189 Å². The van der Waals surface area contributed by atoms with Gasteiger partial charge in [-0.2, -0.15) is 0 Å². The lowest BCUT2D eigenvalue weighted by Crippen LogP contribution is -2.03. The molecule has 0 radical (unpaired) electrons. The second kappa shape index (κ2) is 16.3. The van der Waals surface area contributed by atoms with Crippen molar-refractivity contribution in [1.29, 1.82) is 0 Å². The zero-order valence-electron chi connectivity index (χ0n) is 19.0. The molecule has 0 heterocycles. The summed E-state index contributed by atoms with van der Waals surface area (Å²) in [5, 5.41) is 1.78. The van der Waals surface area contributed by atoms with Crippen molar-refractivity contribution in [3.05, 3.63) is 52.3 Å². The van der Waals surface area contributed by atoms with Crippen molar-refractivity contribution in [3.8, 4) is 11.8 Å². The average molecular weight is 447 g/mol. The highest BCUT2D eigenvalue weighted by molar-refractivity contribution is 8.01. The van der Waals surface area contributed by atoms with Crippen LogP contribution in [0.5, 0.6) is 0 Å². The van der Waals surface area contributed by atoms with Crippen LogP contribution in [0, 0.1) is 18.8 Å². The van der Waals surface area contributed by atoms with Crippen molar-refractivity contribution in [2.45, 2.75) is 89.4 Å². The summed E-state index contributed by atoms with van der Waals surface area (Å²) >= 11 is 1.47. The van der Waals surface area contributed by atoms with Crippen LogP contribution in [0.25, 0.3) is 0 Å². The predicted molar refractivity (Wildman–Crippen MR) is 133 cm³/mol. The van der Waals surface area contributed by atoms with E-state index in [0.717, 1.165) is 18.4 Å². The number of thioether (sulfide) groups is 1. The first-order chi connectivity index (χ1) is 14.5. The number of hydrogen-bond acceptors (Lipinski definition) is 3. The summed E-state index contributed by atoms with van der Waals surface area (Å²) < 4.78 is 25.8. The molecule has 1 aromatic carbocycles. The predicted octanol–water partition coefficient (Wildman–Crippen LogP) is 7.84. The summed E-state index contributed by atoms with van der Waals surface area (Å²) in [7, 11) is -3.55. The molecule has 0 aliphatic carbocycles. The molecule has 0 fully saturated rings. The van der Waals surface area contributed by atoms with Crippen molar-refractivity contribution >= 4 is 21.6 Å². The van der Waals surface area contributed by atoms with Crippen LogP contribution >= 0.6 is 11.8 Å². The second-order valence-corrected chi connectivity index (χ2v) is 10.3. The Morgan fingerprint density at radius 1 is 0.933 bits per heavy atom. The van der Waals surface area contributed by atoms with E-state index in [1.807, 2.05) is 25.3 Å². The number of unbranched alkanes of at least 4 members (excludes halogenated alkanes) is 10. The van der Waals surface area contributed by atoms with Gasteiger partial charge in [0.05, 0.1) is 9.80 Å². The van der Waals surface area contributed by atoms with E-state index in [9.17, 15) is 8.42 Å². The van der Waals surface area contributed by atoms with Gasteiger partial charge >= 0.3 is 0 Å². The van der Waals surface area contributed by atoms with Gasteiger partial charge in [-0.1, -0.05) is 94.2 Å². The average Bonchev–Trinajstić information content (AvgIpc) is 2.73. The van der Waals surface area contributed by atoms with Crippen molar-refractivity contribution in [3.63, 3.8) is 0 Å². The molecular formula is C26H38O2S2. The Balaban J connectivity index is 2.48. The van der Waals surface area contributed by atoms with E-state index in [1.165, 1.54) is 75.6 Å². The summed E-state index contributed by atoms with van der Waals surface area (Å²) in [6.07, 6.45) is 18.9. The van der Waals surface area contributed by atoms with Crippen LogP contribution in [0.2, 0.25) is 0 Å². The highest BCUT2D eigenvalue weighted by Gasteiger charge is 2.18. The van der Waals surface area contributed by atoms with Gasteiger partial charge in [-0.05, 0) is 43.2 Å². The van der Waals surface area contributed by atoms with E-state index in [2.05, 4.69) is 18.8 Å². The monoisotopic (exact) mass is 446 g/mol. The lowest BCUT2D eigenvalue weighted by atomic mass is 10.1. The molecule has 0 atom stereocenters. The van der Waals surface area contributed by atoms with E-state index in [-0.39, 0.29) is 4.91 Å². The van der Waals surface area contributed by atoms with Crippen LogP contribution in [-0.2, 0) is 9.84 Å². The molecule has 0 spiro atoms. The third kappa shape index (κ3) is 11.1. The van der Waals surface area contributed by atoms with Gasteiger partial charge in [0.15, 0.2) is 0 Å². The Hall–Kier alpha value is -1.44. The lowest BCUT2D eigenvalue weighted by molar-refractivity contribution is 0.558. The first-order valence-electron chi connectivity index (χ1n) is 11.2. The van der Waals surface area contributed by atoms with E-state index in [1.54, 1.807) is 23.6 Å². The molecule has 1 rings (SSSR count). The van der Waals surface area contributed by atoms with Gasteiger partial charge < -0.3 is 0 Å². The minimum absolute atomic E-state index is 0.247. The summed E-state index contributed by atoms with van der Waals surface area (Å²) in [5.41, 5.74) is 1.04. The zero-order valence-corrected chi connectivity index (χ0v) is 20.6. The number of hydrogen-bond donors (Lipinski definition) is 0. The molecule has 2 nitrogen and oxygen atoms in total. The lowest BCUT2D eigenvalue weighted by Gasteiger charge is -2.05. The van der Waals surface area contributed by atoms with Gasteiger partial charge in [-0.3, -0.25) is 0 Å². The van der Waals surface area contributed by atoms with Crippen molar-refractivity contribution in [2.75, 3.05) is 6.26 Å². The number of benzene rings is 1. The molecule has 4 heteroatoms. The van der Waals surface area contributed by atoms with Crippen LogP contribution in [-0.4, -0.2) is 14.7 Å². The first-order valence-corrected chi connectivity index (χ1v) is 14.0. The third-order valence-corrected chi connectivity index (χ3v) is 7.16. The molecule has 0 unspecified atom stereocenters. The number of aryl methyl sites for hydroxylation is 1. The van der Waals surface area contributed by atoms with Gasteiger partial charge in [-0.25, -0.2) is 8.42 Å². The summed E-state index contributed by atoms with van der Waals surface area (Å²) in [5.74, 6) is 6.08. The zero-order chi connectivity index (χ0) is 22.1. The van der Waals surface area contributed by atoms with Gasteiger partial charge in [-0.15, -0.1) is 11.8 Å². The molecule has 166 valence electrons. The van der Waals surface area contributed by atoms with Crippen LogP contribution in [0.4, 0.5) is 0 Å². The Morgan fingerprint density at radius 2 is 1.50 bits per heavy atom. The van der Waals surface area contributed by atoms with Crippen LogP contribution in [0.1, 0.15) is 83.1 Å². The fourth-order valence-electron chi connectivity index (χ4n) is 3.10. The number of rotatable bonds is 14. The molecule has 0 aliphatic rings. The molecule has 0 aromatic heterocycles. The standard InChI is InChI=1S/C26H38O2S2/c1-4-5-6-7-8-9-10-11-12-13-14-15-16-17-25(22-23-29-3)30(27,28)26-20-18-24(2)19-21-26/h17-23H,4-14H2,1-3H3/b23-22+,25-17+. The molecule has 0 bridgehead atoms. The minimum Gasteiger partial charge on any atom is -0.218 e. The maximum absolute atomic E-state index is 12.9. The highest BCUT2D eigenvalue weighted by atomic mass is 32.2. The normalized spacial score (nSPS) is 12.2. The fourth-order valence-corrected chi connectivity index (χ4v) is 4.70. The van der Waals surface area contributed by atoms with E-state index in [4.69, 9.17) is 0 Å². The van der Waals surface area contributed by atoms with Crippen molar-refractivity contribution in [2.24, 2.45) is 0 Å². The Bertz CT molecular complexity index is 807. The SMILES string of the molecule is CCCCCCCCCCCCC#C/C=C(\C=C\SC)S(=O)(=O)c1ccc(C)cc1. The topological polar surface area (TPSA) is 34.1 Å². The van der Waals surface area contributed by atoms with Gasteiger partial charge in [0.1, 0.15) is 0 Å². The number of allylic oxidation sites excluding steroid dienone is 2. The van der Waals surface area contributed by atoms with Crippen LogP contribution < -0.4 is 0 Å². The molecule has 0 saturated carbocycles. The van der Waals surface area contributed by atoms with E-state index < -0.39 is 9.84 Å². The molecular weight excluding hydrogens is 408 g/mol. The molecule has 0 saturated heterocycles. The highest BCUT2D eigenvalue weighted by Crippen LogP contribution is 2.21. The fraction of sp³-hybridized carbons (Fsp3) is 0.538. The molecule has 1 aromatic rings. The largest absolute Gasteiger partial charge is 0.218 e. The smallest absolute Gasteiger partial charge is 0.207 e. The van der Waals surface area contributed by atoms with Gasteiger partial charge in [0, 0.05) is 12.5 Å². The molecule has 0 N–H and O–H groups in total. The van der Waals surface area contributed by atoms with Crippen LogP contribution in [0.3, 0.4) is 0 Å². The molecule has 0 aliphatic heterocycles. The summed E-state index contributed by atoms with van der Waals surface area (Å²) in [6, 6.07) is 6.95. The van der Waals surface area contributed by atoms with Crippen molar-refractivity contribution in [1.82, 2.24) is 0 Å². The summed E-state index contributed by atoms with van der Waals surface area (Å²) in [6.45, 7) is 4.20. The molecule has 30 heavy (non-hydrogen) atoms. The number of sulfone groups is 1. The van der Waals surface area contributed by atoms with Gasteiger partial charge in [0.25, 0.3) is 0 Å². The van der Waals surface area contributed by atoms with E-state index in [0.29, 0.717) is 4.90 Å². The Morgan fingerprint density at radius 3 is 2.07 bits per heavy atom. The van der Waals surface area contributed by atoms with E-state index >= 15 is 0 Å². The first kappa shape index (κ1) is 26.6. The maximum Gasteiger partial charge on any atom is 0.207 e.